The lowest BCUT2D eigenvalue weighted by molar-refractivity contribution is -0.201. The average Bonchev–Trinajstić information content (AvgIpc) is 1.79. The van der Waals surface area contributed by atoms with Gasteiger partial charge in [-0.1, -0.05) is 0 Å². The number of carboxylic acid groups (broad SMARTS) is 1. The van der Waals surface area contributed by atoms with Crippen molar-refractivity contribution in [1.82, 2.24) is 0 Å². The molecular formula is C5H7F3O3. The van der Waals surface area contributed by atoms with E-state index in [2.05, 4.69) is 4.74 Å². The number of hydrogen-bond donors (Lipinski definition) is 1. The molecule has 1 N–H and O–H groups in total. The maximum atomic E-state index is 11.7. The van der Waals surface area contributed by atoms with Gasteiger partial charge in [-0.3, -0.25) is 4.79 Å². The van der Waals surface area contributed by atoms with Crippen LogP contribution in [0.15, 0.2) is 0 Å². The van der Waals surface area contributed by atoms with Crippen molar-refractivity contribution in [2.45, 2.75) is 6.18 Å². The number of hydrogen-bond acceptors (Lipinski definition) is 2. The van der Waals surface area contributed by atoms with Crippen LogP contribution in [-0.4, -0.2) is 31.0 Å². The van der Waals surface area contributed by atoms with Crippen molar-refractivity contribution in [2.75, 3.05) is 13.7 Å². The minimum atomic E-state index is -4.73. The van der Waals surface area contributed by atoms with Crippen LogP contribution in [0.1, 0.15) is 0 Å². The Bertz CT molecular complexity index is 142. The third kappa shape index (κ3) is 3.22. The Morgan fingerprint density at radius 3 is 2.18 bits per heavy atom. The second kappa shape index (κ2) is 3.56. The molecule has 1 unspecified atom stereocenters. The van der Waals surface area contributed by atoms with Gasteiger partial charge in [-0.25, -0.2) is 0 Å². The number of aliphatic carboxylic acids is 1. The highest BCUT2D eigenvalue weighted by Gasteiger charge is 2.44. The molecule has 66 valence electrons. The molecule has 0 fully saturated rings. The van der Waals surface area contributed by atoms with E-state index in [1.165, 1.54) is 0 Å². The first-order valence-corrected chi connectivity index (χ1v) is 2.68. The minimum absolute atomic E-state index is 0.848. The zero-order valence-electron chi connectivity index (χ0n) is 5.68. The Balaban J connectivity index is 4.22. The van der Waals surface area contributed by atoms with Crippen LogP contribution in [0, 0.1) is 5.92 Å². The highest BCUT2D eigenvalue weighted by molar-refractivity contribution is 5.71. The van der Waals surface area contributed by atoms with Crippen LogP contribution in [0.4, 0.5) is 13.2 Å². The van der Waals surface area contributed by atoms with Gasteiger partial charge in [0, 0.05) is 7.11 Å². The molecular weight excluding hydrogens is 165 g/mol. The molecule has 0 aromatic carbocycles. The number of halogens is 3. The first-order chi connectivity index (χ1) is 4.89. The quantitative estimate of drug-likeness (QED) is 0.687. The van der Waals surface area contributed by atoms with Crippen molar-refractivity contribution in [3.05, 3.63) is 0 Å². The van der Waals surface area contributed by atoms with E-state index in [0.29, 0.717) is 0 Å². The van der Waals surface area contributed by atoms with E-state index >= 15 is 0 Å². The smallest absolute Gasteiger partial charge is 0.404 e. The van der Waals surface area contributed by atoms with Crippen molar-refractivity contribution in [1.29, 1.82) is 0 Å². The number of alkyl halides is 3. The molecule has 0 rings (SSSR count). The Morgan fingerprint density at radius 2 is 2.09 bits per heavy atom. The molecule has 0 aliphatic heterocycles. The summed E-state index contributed by atoms with van der Waals surface area (Å²) in [7, 11) is 1.02. The maximum absolute atomic E-state index is 11.7. The van der Waals surface area contributed by atoms with Crippen LogP contribution in [0.2, 0.25) is 0 Å². The summed E-state index contributed by atoms with van der Waals surface area (Å²) < 4.78 is 39.2. The highest BCUT2D eigenvalue weighted by atomic mass is 19.4. The van der Waals surface area contributed by atoms with Crippen LogP contribution in [0.3, 0.4) is 0 Å². The number of ether oxygens (including phenoxy) is 1. The third-order valence-electron chi connectivity index (χ3n) is 1.03. The van der Waals surface area contributed by atoms with E-state index in [4.69, 9.17) is 5.11 Å². The van der Waals surface area contributed by atoms with E-state index in [9.17, 15) is 18.0 Å². The van der Waals surface area contributed by atoms with Gasteiger partial charge in [0.2, 0.25) is 0 Å². The number of carbonyl (C=O) groups is 1. The average molecular weight is 172 g/mol. The molecule has 0 saturated heterocycles. The molecule has 0 spiro atoms. The molecule has 0 aromatic heterocycles. The first-order valence-electron chi connectivity index (χ1n) is 2.68. The topological polar surface area (TPSA) is 46.5 Å². The summed E-state index contributed by atoms with van der Waals surface area (Å²) in [5.41, 5.74) is 0. The standard InChI is InChI=1S/C5H7F3O3/c1-11-2-3(4(9)10)5(6,7)8/h3H,2H2,1H3,(H,9,10). The first kappa shape index (κ1) is 10.2. The SMILES string of the molecule is COCC(C(=O)O)C(F)(F)F. The lowest BCUT2D eigenvalue weighted by Gasteiger charge is -2.14. The van der Waals surface area contributed by atoms with Gasteiger partial charge >= 0.3 is 12.1 Å². The van der Waals surface area contributed by atoms with Gasteiger partial charge in [0.1, 0.15) is 0 Å². The van der Waals surface area contributed by atoms with Crippen LogP contribution in [0.25, 0.3) is 0 Å². The fourth-order valence-corrected chi connectivity index (χ4v) is 0.472. The van der Waals surface area contributed by atoms with E-state index in [0.717, 1.165) is 7.11 Å². The Morgan fingerprint density at radius 1 is 1.64 bits per heavy atom. The molecule has 0 saturated carbocycles. The summed E-state index contributed by atoms with van der Waals surface area (Å²) >= 11 is 0. The molecule has 0 bridgehead atoms. The maximum Gasteiger partial charge on any atom is 0.404 e. The number of methoxy groups -OCH3 is 1. The van der Waals surface area contributed by atoms with E-state index < -0.39 is 24.7 Å². The Hall–Kier alpha value is -0.780. The third-order valence-corrected chi connectivity index (χ3v) is 1.03. The lowest BCUT2D eigenvalue weighted by atomic mass is 10.1. The molecule has 3 nitrogen and oxygen atoms in total. The van der Waals surface area contributed by atoms with Gasteiger partial charge in [0.15, 0.2) is 5.92 Å². The van der Waals surface area contributed by atoms with Gasteiger partial charge in [-0.05, 0) is 0 Å². The molecule has 0 amide bonds. The summed E-state index contributed by atoms with van der Waals surface area (Å²) in [5.74, 6) is -4.34. The molecule has 11 heavy (non-hydrogen) atoms. The van der Waals surface area contributed by atoms with Crippen molar-refractivity contribution in [3.8, 4) is 0 Å². The molecule has 0 heterocycles. The van der Waals surface area contributed by atoms with Gasteiger partial charge in [-0.15, -0.1) is 0 Å². The molecule has 0 aliphatic carbocycles. The highest BCUT2D eigenvalue weighted by Crippen LogP contribution is 2.26. The van der Waals surface area contributed by atoms with Crippen LogP contribution in [0.5, 0.6) is 0 Å². The van der Waals surface area contributed by atoms with Gasteiger partial charge in [-0.2, -0.15) is 13.2 Å². The molecule has 6 heteroatoms. The monoisotopic (exact) mass is 172 g/mol. The van der Waals surface area contributed by atoms with Gasteiger partial charge in [0.05, 0.1) is 6.61 Å². The van der Waals surface area contributed by atoms with Crippen LogP contribution < -0.4 is 0 Å². The van der Waals surface area contributed by atoms with Gasteiger partial charge < -0.3 is 9.84 Å². The Kier molecular flexibility index (Phi) is 3.31. The summed E-state index contributed by atoms with van der Waals surface area (Å²) in [6.07, 6.45) is -4.73. The molecule has 0 radical (unpaired) electrons. The van der Waals surface area contributed by atoms with Crippen LogP contribution >= 0.6 is 0 Å². The van der Waals surface area contributed by atoms with Crippen molar-refractivity contribution in [2.24, 2.45) is 5.92 Å². The predicted octanol–water partition coefficient (Wildman–Crippen LogP) is 0.896. The van der Waals surface area contributed by atoms with Crippen molar-refractivity contribution in [3.63, 3.8) is 0 Å². The minimum Gasteiger partial charge on any atom is -0.481 e. The predicted molar refractivity (Wildman–Crippen MR) is 29.1 cm³/mol. The van der Waals surface area contributed by atoms with Crippen LogP contribution in [-0.2, 0) is 9.53 Å². The number of rotatable bonds is 3. The summed E-state index contributed by atoms with van der Waals surface area (Å²) in [6.45, 7) is -0.848. The second-order valence-corrected chi connectivity index (χ2v) is 1.89. The number of carboxylic acids is 1. The fourth-order valence-electron chi connectivity index (χ4n) is 0.472. The normalized spacial score (nSPS) is 14.5. The molecule has 0 aromatic rings. The zero-order chi connectivity index (χ0) is 9.07. The zero-order valence-corrected chi connectivity index (χ0v) is 5.68. The van der Waals surface area contributed by atoms with Crippen molar-refractivity contribution >= 4 is 5.97 Å². The lowest BCUT2D eigenvalue weighted by Crippen LogP contribution is -2.34. The molecule has 0 aliphatic rings. The van der Waals surface area contributed by atoms with E-state index in [1.54, 1.807) is 0 Å². The van der Waals surface area contributed by atoms with E-state index in [-0.39, 0.29) is 0 Å². The summed E-state index contributed by atoms with van der Waals surface area (Å²) in [6, 6.07) is 0. The van der Waals surface area contributed by atoms with E-state index in [1.807, 2.05) is 0 Å². The summed E-state index contributed by atoms with van der Waals surface area (Å²) in [4.78, 5) is 9.94. The van der Waals surface area contributed by atoms with Crippen molar-refractivity contribution < 1.29 is 27.8 Å². The second-order valence-electron chi connectivity index (χ2n) is 1.89. The van der Waals surface area contributed by atoms with Gasteiger partial charge in [0.25, 0.3) is 0 Å². The Labute approximate surface area is 60.8 Å². The summed E-state index contributed by atoms with van der Waals surface area (Å²) in [5, 5.41) is 8.04. The largest absolute Gasteiger partial charge is 0.481 e. The fraction of sp³-hybridized carbons (Fsp3) is 0.800. The molecule has 1 atom stereocenters.